The lowest BCUT2D eigenvalue weighted by atomic mass is 9.90. The van der Waals surface area contributed by atoms with Crippen LogP contribution in [0.1, 0.15) is 29.9 Å². The van der Waals surface area contributed by atoms with Crippen molar-refractivity contribution in [3.8, 4) is 11.3 Å². The third-order valence-corrected chi connectivity index (χ3v) is 5.95. The first kappa shape index (κ1) is 18.9. The number of halogens is 1. The zero-order chi connectivity index (χ0) is 20.9. The Morgan fingerprint density at radius 3 is 2.77 bits per heavy atom. The van der Waals surface area contributed by atoms with Gasteiger partial charge in [0.1, 0.15) is 22.9 Å². The summed E-state index contributed by atoms with van der Waals surface area (Å²) in [5, 5.41) is 8.39. The van der Waals surface area contributed by atoms with E-state index < -0.39 is 5.82 Å². The summed E-state index contributed by atoms with van der Waals surface area (Å²) in [7, 11) is 0. The second-order valence-electron chi connectivity index (χ2n) is 8.06. The maximum Gasteiger partial charge on any atom is 0.269 e. The Balaban J connectivity index is 1.38. The number of hydrogen-bond donors (Lipinski definition) is 0. The van der Waals surface area contributed by atoms with Crippen LogP contribution in [-0.4, -0.2) is 45.2 Å². The number of aryl methyl sites for hydroxylation is 2. The molecule has 5 rings (SSSR count). The zero-order valence-corrected chi connectivity index (χ0v) is 16.9. The molecule has 0 atom stereocenters. The van der Waals surface area contributed by atoms with Crippen molar-refractivity contribution in [2.75, 3.05) is 24.6 Å². The van der Waals surface area contributed by atoms with Gasteiger partial charge >= 0.3 is 0 Å². The Bertz CT molecular complexity index is 1160. The van der Waals surface area contributed by atoms with Crippen LogP contribution < -0.4 is 10.5 Å². The first-order valence-electron chi connectivity index (χ1n) is 9.98. The van der Waals surface area contributed by atoms with Crippen molar-refractivity contribution in [2.45, 2.75) is 38.8 Å². The van der Waals surface area contributed by atoms with Crippen molar-refractivity contribution in [3.05, 3.63) is 57.7 Å². The molecular formula is C21H22FN5O3. The third-order valence-electron chi connectivity index (χ3n) is 5.95. The SMILES string of the molecule is Cc1ncc(-c2noc(C)c2Cn2ncc(N3CC4(CCCO4)C3)cc2=O)cc1F. The van der Waals surface area contributed by atoms with Gasteiger partial charge in [0.2, 0.25) is 0 Å². The van der Waals surface area contributed by atoms with E-state index >= 15 is 0 Å². The van der Waals surface area contributed by atoms with E-state index in [0.29, 0.717) is 28.3 Å². The molecule has 3 aromatic heterocycles. The highest BCUT2D eigenvalue weighted by molar-refractivity contribution is 5.62. The smallest absolute Gasteiger partial charge is 0.269 e. The van der Waals surface area contributed by atoms with E-state index in [4.69, 9.17) is 9.26 Å². The summed E-state index contributed by atoms with van der Waals surface area (Å²) in [4.78, 5) is 18.9. The van der Waals surface area contributed by atoms with Gasteiger partial charge in [-0.3, -0.25) is 9.78 Å². The largest absolute Gasteiger partial charge is 0.371 e. The van der Waals surface area contributed by atoms with Crippen LogP contribution in [0, 0.1) is 19.7 Å². The Hall–Kier alpha value is -3.07. The number of pyridine rings is 1. The van der Waals surface area contributed by atoms with Crippen LogP contribution in [0.3, 0.4) is 0 Å². The molecule has 0 amide bonds. The molecule has 0 bridgehead atoms. The summed E-state index contributed by atoms with van der Waals surface area (Å²) in [6.45, 7) is 5.92. The molecule has 2 aliphatic rings. The molecule has 2 aliphatic heterocycles. The highest BCUT2D eigenvalue weighted by Crippen LogP contribution is 2.37. The number of aromatic nitrogens is 4. The number of rotatable bonds is 4. The van der Waals surface area contributed by atoms with Crippen LogP contribution in [0.2, 0.25) is 0 Å². The summed E-state index contributed by atoms with van der Waals surface area (Å²) < 4.78 is 26.5. The van der Waals surface area contributed by atoms with Gasteiger partial charge in [0.25, 0.3) is 5.56 Å². The van der Waals surface area contributed by atoms with Gasteiger partial charge in [-0.05, 0) is 32.8 Å². The van der Waals surface area contributed by atoms with Crippen LogP contribution >= 0.6 is 0 Å². The van der Waals surface area contributed by atoms with Gasteiger partial charge in [-0.2, -0.15) is 5.10 Å². The molecule has 30 heavy (non-hydrogen) atoms. The van der Waals surface area contributed by atoms with Crippen LogP contribution in [0.4, 0.5) is 10.1 Å². The fourth-order valence-electron chi connectivity index (χ4n) is 4.14. The van der Waals surface area contributed by atoms with Gasteiger partial charge in [-0.1, -0.05) is 5.16 Å². The quantitative estimate of drug-likeness (QED) is 0.652. The van der Waals surface area contributed by atoms with Crippen LogP contribution in [0.15, 0.2) is 33.8 Å². The first-order chi connectivity index (χ1) is 14.4. The highest BCUT2D eigenvalue weighted by Gasteiger charge is 2.46. The van der Waals surface area contributed by atoms with Crippen LogP contribution in [0.25, 0.3) is 11.3 Å². The first-order valence-corrected chi connectivity index (χ1v) is 9.98. The zero-order valence-electron chi connectivity index (χ0n) is 16.9. The molecule has 3 aromatic rings. The minimum Gasteiger partial charge on any atom is -0.371 e. The monoisotopic (exact) mass is 411 g/mol. The maximum atomic E-state index is 14.0. The molecule has 8 nitrogen and oxygen atoms in total. The van der Waals surface area contributed by atoms with Crippen molar-refractivity contribution in [1.82, 2.24) is 19.9 Å². The minimum absolute atomic E-state index is 0.0410. The summed E-state index contributed by atoms with van der Waals surface area (Å²) in [5.74, 6) is 0.129. The fourth-order valence-corrected chi connectivity index (χ4v) is 4.14. The maximum absolute atomic E-state index is 14.0. The second-order valence-corrected chi connectivity index (χ2v) is 8.06. The van der Waals surface area contributed by atoms with E-state index in [1.165, 1.54) is 10.7 Å². The summed E-state index contributed by atoms with van der Waals surface area (Å²) in [6.07, 6.45) is 5.40. The molecule has 0 aliphatic carbocycles. The van der Waals surface area contributed by atoms with Crippen LogP contribution in [0.5, 0.6) is 0 Å². The van der Waals surface area contributed by atoms with Crippen molar-refractivity contribution in [2.24, 2.45) is 0 Å². The van der Waals surface area contributed by atoms with E-state index in [9.17, 15) is 9.18 Å². The van der Waals surface area contributed by atoms with Crippen molar-refractivity contribution in [1.29, 1.82) is 0 Å². The van der Waals surface area contributed by atoms with Gasteiger partial charge in [0, 0.05) is 43.1 Å². The molecule has 156 valence electrons. The normalized spacial score (nSPS) is 17.5. The van der Waals surface area contributed by atoms with E-state index in [1.807, 2.05) is 0 Å². The molecule has 2 saturated heterocycles. The Morgan fingerprint density at radius 1 is 1.23 bits per heavy atom. The number of anilines is 1. The Morgan fingerprint density at radius 2 is 2.07 bits per heavy atom. The van der Waals surface area contributed by atoms with Gasteiger partial charge in [0.15, 0.2) is 0 Å². The molecule has 1 spiro atoms. The molecular weight excluding hydrogens is 389 g/mol. The standard InChI is InChI=1S/C21H22FN5O3/c1-13-18(22)6-15(8-23-13)20-17(14(2)30-25-20)10-27-19(28)7-16(9-24-27)26-11-21(12-26)4-3-5-29-21/h6-9H,3-5,10-12H2,1-2H3. The summed E-state index contributed by atoms with van der Waals surface area (Å²) in [5.41, 5.74) is 2.47. The molecule has 0 unspecified atom stereocenters. The third kappa shape index (κ3) is 3.19. The molecule has 9 heteroatoms. The molecule has 0 saturated carbocycles. The van der Waals surface area contributed by atoms with E-state index in [2.05, 4.69) is 20.1 Å². The van der Waals surface area contributed by atoms with Crippen LogP contribution in [-0.2, 0) is 11.3 Å². The predicted molar refractivity (Wildman–Crippen MR) is 107 cm³/mol. The van der Waals surface area contributed by atoms with Gasteiger partial charge in [-0.25, -0.2) is 9.07 Å². The van der Waals surface area contributed by atoms with Gasteiger partial charge < -0.3 is 14.2 Å². The average molecular weight is 411 g/mol. The lowest BCUT2D eigenvalue weighted by molar-refractivity contribution is -0.0181. The second kappa shape index (κ2) is 7.02. The van der Waals surface area contributed by atoms with Crippen molar-refractivity contribution >= 4 is 5.69 Å². The molecule has 5 heterocycles. The van der Waals surface area contributed by atoms with Gasteiger partial charge in [-0.15, -0.1) is 0 Å². The number of nitrogens with zero attached hydrogens (tertiary/aromatic N) is 5. The summed E-state index contributed by atoms with van der Waals surface area (Å²) >= 11 is 0. The van der Waals surface area contributed by atoms with E-state index in [0.717, 1.165) is 38.2 Å². The molecule has 0 N–H and O–H groups in total. The molecule has 0 radical (unpaired) electrons. The average Bonchev–Trinajstić information content (AvgIpc) is 3.32. The lowest BCUT2D eigenvalue weighted by Crippen LogP contribution is -2.61. The predicted octanol–water partition coefficient (Wildman–Crippen LogP) is 2.47. The molecule has 0 aromatic carbocycles. The number of hydrogen-bond acceptors (Lipinski definition) is 7. The Kier molecular flexibility index (Phi) is 4.43. The Labute approximate surface area is 172 Å². The fraction of sp³-hybridized carbons (Fsp3) is 0.429. The van der Waals surface area contributed by atoms with Crippen molar-refractivity contribution in [3.63, 3.8) is 0 Å². The van der Waals surface area contributed by atoms with Crippen molar-refractivity contribution < 1.29 is 13.7 Å². The van der Waals surface area contributed by atoms with E-state index in [1.54, 1.807) is 32.3 Å². The number of ether oxygens (including phenoxy) is 1. The lowest BCUT2D eigenvalue weighted by Gasteiger charge is -2.48. The topological polar surface area (TPSA) is 86.3 Å². The van der Waals surface area contributed by atoms with E-state index in [-0.39, 0.29) is 17.7 Å². The molecule has 2 fully saturated rings. The van der Waals surface area contributed by atoms with Gasteiger partial charge in [0.05, 0.1) is 24.1 Å². The minimum atomic E-state index is -0.419. The summed E-state index contributed by atoms with van der Waals surface area (Å²) in [6, 6.07) is 2.96. The highest BCUT2D eigenvalue weighted by atomic mass is 19.1.